The molecular weight excluding hydrogens is 396 g/mol. The first-order valence-corrected chi connectivity index (χ1v) is 10.5. The Labute approximate surface area is 189 Å². The molecule has 3 aromatic carbocycles. The van der Waals surface area contributed by atoms with Crippen molar-refractivity contribution in [2.45, 2.75) is 26.2 Å². The van der Waals surface area contributed by atoms with Crippen molar-refractivity contribution in [2.75, 3.05) is 6.61 Å². The average Bonchev–Trinajstić information content (AvgIpc) is 2.83. The van der Waals surface area contributed by atoms with Crippen LogP contribution in [0.2, 0.25) is 0 Å². The number of nitrogens with zero attached hydrogens (tertiary/aromatic N) is 2. The third kappa shape index (κ3) is 5.50. The standard InChI is InChI=1S/C28H24N2O2/c1-21-17-28(32-16-7-3-6-15-29)25(20-31)18-24(21)14-13-23-11-8-12-26(27(23)19-30)22-9-4-2-5-10-22/h2,4-5,8-14,17-18,20H,3,6-7,16H2,1H3/b14-13+. The summed E-state index contributed by atoms with van der Waals surface area (Å²) in [6.07, 6.45) is 6.66. The lowest BCUT2D eigenvalue weighted by Gasteiger charge is -2.11. The normalized spacial score (nSPS) is 10.5. The first-order valence-electron chi connectivity index (χ1n) is 10.5. The van der Waals surface area contributed by atoms with E-state index in [9.17, 15) is 10.1 Å². The Bertz CT molecular complexity index is 1200. The largest absolute Gasteiger partial charge is 0.493 e. The van der Waals surface area contributed by atoms with Crippen LogP contribution in [0.25, 0.3) is 23.3 Å². The Kier molecular flexibility index (Phi) is 7.96. The average molecular weight is 421 g/mol. The molecule has 32 heavy (non-hydrogen) atoms. The molecule has 0 fully saturated rings. The van der Waals surface area contributed by atoms with Gasteiger partial charge >= 0.3 is 0 Å². The van der Waals surface area contributed by atoms with E-state index in [1.54, 1.807) is 6.07 Å². The number of hydrogen-bond acceptors (Lipinski definition) is 4. The molecule has 0 heterocycles. The Morgan fingerprint density at radius 1 is 0.906 bits per heavy atom. The van der Waals surface area contributed by atoms with Crippen LogP contribution in [0.3, 0.4) is 0 Å². The molecule has 0 N–H and O–H groups in total. The van der Waals surface area contributed by atoms with Crippen LogP contribution in [0.1, 0.15) is 51.9 Å². The molecule has 0 saturated carbocycles. The van der Waals surface area contributed by atoms with Gasteiger partial charge in [0.15, 0.2) is 6.29 Å². The number of rotatable bonds is 9. The third-order valence-corrected chi connectivity index (χ3v) is 5.20. The molecule has 0 aliphatic rings. The summed E-state index contributed by atoms with van der Waals surface area (Å²) in [4.78, 5) is 11.6. The molecule has 0 aromatic heterocycles. The monoisotopic (exact) mass is 420 g/mol. The van der Waals surface area contributed by atoms with Crippen LogP contribution in [-0.4, -0.2) is 12.9 Å². The molecular formula is C28H24N2O2. The Morgan fingerprint density at radius 3 is 2.41 bits per heavy atom. The van der Waals surface area contributed by atoms with Crippen LogP contribution in [-0.2, 0) is 0 Å². The lowest BCUT2D eigenvalue weighted by molar-refractivity contribution is 0.111. The fourth-order valence-corrected chi connectivity index (χ4v) is 3.47. The van der Waals surface area contributed by atoms with Gasteiger partial charge < -0.3 is 4.74 Å². The van der Waals surface area contributed by atoms with E-state index in [1.165, 1.54) is 0 Å². The van der Waals surface area contributed by atoms with Gasteiger partial charge in [0.1, 0.15) is 11.8 Å². The van der Waals surface area contributed by atoms with Crippen molar-refractivity contribution >= 4 is 18.4 Å². The zero-order chi connectivity index (χ0) is 22.8. The van der Waals surface area contributed by atoms with Gasteiger partial charge in [-0.2, -0.15) is 10.5 Å². The molecule has 3 rings (SSSR count). The second kappa shape index (κ2) is 11.3. The van der Waals surface area contributed by atoms with E-state index in [4.69, 9.17) is 10.00 Å². The van der Waals surface area contributed by atoms with E-state index in [2.05, 4.69) is 12.1 Å². The summed E-state index contributed by atoms with van der Waals surface area (Å²) in [5, 5.41) is 18.4. The molecule has 0 radical (unpaired) electrons. The number of hydrogen-bond donors (Lipinski definition) is 0. The number of ether oxygens (including phenoxy) is 1. The molecule has 0 unspecified atom stereocenters. The minimum atomic E-state index is 0.467. The number of carbonyl (C=O) groups excluding carboxylic acids is 1. The van der Waals surface area contributed by atoms with Gasteiger partial charge in [-0.25, -0.2) is 0 Å². The van der Waals surface area contributed by atoms with Crippen LogP contribution >= 0.6 is 0 Å². The molecule has 0 aliphatic carbocycles. The minimum Gasteiger partial charge on any atom is -0.493 e. The Hall–Kier alpha value is -4.15. The second-order valence-electron chi connectivity index (χ2n) is 7.41. The van der Waals surface area contributed by atoms with Crippen LogP contribution in [0.15, 0.2) is 60.7 Å². The van der Waals surface area contributed by atoms with Gasteiger partial charge in [-0.05, 0) is 54.2 Å². The first kappa shape index (κ1) is 22.5. The lowest BCUT2D eigenvalue weighted by Crippen LogP contribution is -2.01. The van der Waals surface area contributed by atoms with Crippen molar-refractivity contribution in [1.82, 2.24) is 0 Å². The van der Waals surface area contributed by atoms with E-state index in [-0.39, 0.29) is 0 Å². The Morgan fingerprint density at radius 2 is 1.69 bits per heavy atom. The maximum absolute atomic E-state index is 11.6. The van der Waals surface area contributed by atoms with Crippen LogP contribution in [0.4, 0.5) is 0 Å². The SMILES string of the molecule is Cc1cc(OCCCCC#N)c(C=O)cc1/C=C/c1cccc(-c2ccccc2)c1C#N. The number of nitriles is 2. The van der Waals surface area contributed by atoms with E-state index >= 15 is 0 Å². The van der Waals surface area contributed by atoms with Crippen molar-refractivity contribution in [3.8, 4) is 29.0 Å². The predicted octanol–water partition coefficient (Wildman–Crippen LogP) is 6.59. The van der Waals surface area contributed by atoms with Gasteiger partial charge in [-0.3, -0.25) is 4.79 Å². The Balaban J connectivity index is 1.86. The highest BCUT2D eigenvalue weighted by Gasteiger charge is 2.10. The van der Waals surface area contributed by atoms with Gasteiger partial charge in [0.05, 0.1) is 23.8 Å². The minimum absolute atomic E-state index is 0.467. The molecule has 0 spiro atoms. The first-order chi connectivity index (χ1) is 15.7. The predicted molar refractivity (Wildman–Crippen MR) is 127 cm³/mol. The molecule has 4 heteroatoms. The highest BCUT2D eigenvalue weighted by molar-refractivity contribution is 5.84. The van der Waals surface area contributed by atoms with Crippen LogP contribution < -0.4 is 4.74 Å². The maximum atomic E-state index is 11.6. The molecule has 3 aromatic rings. The summed E-state index contributed by atoms with van der Waals surface area (Å²) < 4.78 is 5.77. The third-order valence-electron chi connectivity index (χ3n) is 5.20. The molecule has 158 valence electrons. The molecule has 0 amide bonds. The zero-order valence-corrected chi connectivity index (χ0v) is 18.0. The fraction of sp³-hybridized carbons (Fsp3) is 0.179. The summed E-state index contributed by atoms with van der Waals surface area (Å²) in [5.41, 5.74) is 5.65. The number of unbranched alkanes of at least 4 members (excludes halogenated alkanes) is 2. The van der Waals surface area contributed by atoms with Crippen LogP contribution in [0.5, 0.6) is 5.75 Å². The van der Waals surface area contributed by atoms with E-state index < -0.39 is 0 Å². The number of benzene rings is 3. The van der Waals surface area contributed by atoms with Gasteiger partial charge in [0.25, 0.3) is 0 Å². The lowest BCUT2D eigenvalue weighted by atomic mass is 9.95. The van der Waals surface area contributed by atoms with Crippen molar-refractivity contribution in [1.29, 1.82) is 10.5 Å². The summed E-state index contributed by atoms with van der Waals surface area (Å²) >= 11 is 0. The quantitative estimate of drug-likeness (QED) is 0.222. The van der Waals surface area contributed by atoms with Gasteiger partial charge in [0.2, 0.25) is 0 Å². The van der Waals surface area contributed by atoms with Gasteiger partial charge in [-0.1, -0.05) is 60.7 Å². The van der Waals surface area contributed by atoms with E-state index in [0.717, 1.165) is 46.9 Å². The second-order valence-corrected chi connectivity index (χ2v) is 7.41. The van der Waals surface area contributed by atoms with Gasteiger partial charge in [0, 0.05) is 12.0 Å². The summed E-state index contributed by atoms with van der Waals surface area (Å²) in [6, 6.07) is 23.8. The highest BCUT2D eigenvalue weighted by Crippen LogP contribution is 2.28. The maximum Gasteiger partial charge on any atom is 0.153 e. The number of carbonyl (C=O) groups is 1. The number of aldehydes is 1. The van der Waals surface area contributed by atoms with E-state index in [1.807, 2.05) is 73.7 Å². The summed E-state index contributed by atoms with van der Waals surface area (Å²) in [7, 11) is 0. The number of aryl methyl sites for hydroxylation is 1. The molecule has 0 aliphatic heterocycles. The topological polar surface area (TPSA) is 73.9 Å². The van der Waals surface area contributed by atoms with Crippen molar-refractivity contribution in [3.05, 3.63) is 88.5 Å². The summed E-state index contributed by atoms with van der Waals surface area (Å²) in [5.74, 6) is 0.551. The fourth-order valence-electron chi connectivity index (χ4n) is 3.47. The van der Waals surface area contributed by atoms with Crippen molar-refractivity contribution < 1.29 is 9.53 Å². The zero-order valence-electron chi connectivity index (χ0n) is 18.0. The molecule has 0 atom stereocenters. The van der Waals surface area contributed by atoms with Gasteiger partial charge in [-0.15, -0.1) is 0 Å². The highest BCUT2D eigenvalue weighted by atomic mass is 16.5. The van der Waals surface area contributed by atoms with Crippen molar-refractivity contribution in [2.24, 2.45) is 0 Å². The molecule has 0 saturated heterocycles. The van der Waals surface area contributed by atoms with Crippen molar-refractivity contribution in [3.63, 3.8) is 0 Å². The summed E-state index contributed by atoms with van der Waals surface area (Å²) in [6.45, 7) is 2.43. The molecule has 0 bridgehead atoms. The van der Waals surface area contributed by atoms with Crippen LogP contribution in [0, 0.1) is 29.6 Å². The molecule has 4 nitrogen and oxygen atoms in total. The smallest absolute Gasteiger partial charge is 0.153 e. The van der Waals surface area contributed by atoms with E-state index in [0.29, 0.717) is 29.9 Å².